The summed E-state index contributed by atoms with van der Waals surface area (Å²) in [4.78, 5) is 15.8. The molecular weight excluding hydrogens is 260 g/mol. The number of piperidine rings is 1. The fraction of sp³-hybridized carbons (Fsp3) is 0.533. The van der Waals surface area contributed by atoms with Gasteiger partial charge in [-0.25, -0.2) is 0 Å². The lowest BCUT2D eigenvalue weighted by Gasteiger charge is -2.37. The van der Waals surface area contributed by atoms with Crippen LogP contribution in [0.3, 0.4) is 0 Å². The summed E-state index contributed by atoms with van der Waals surface area (Å²) < 4.78 is 0. The first-order valence-electron chi connectivity index (χ1n) is 6.85. The number of aldehydes is 1. The Morgan fingerprint density at radius 1 is 1.42 bits per heavy atom. The minimum atomic E-state index is 0.486. The van der Waals surface area contributed by atoms with Crippen LogP contribution in [0.25, 0.3) is 0 Å². The smallest absolute Gasteiger partial charge is 0.152 e. The van der Waals surface area contributed by atoms with Crippen LogP contribution in [0.1, 0.15) is 30.1 Å². The number of hydrogen-bond donors (Lipinski definition) is 0. The van der Waals surface area contributed by atoms with Gasteiger partial charge in [0.15, 0.2) is 6.29 Å². The summed E-state index contributed by atoms with van der Waals surface area (Å²) in [6.07, 6.45) is 3.17. The fourth-order valence-electron chi connectivity index (χ4n) is 2.74. The van der Waals surface area contributed by atoms with Crippen molar-refractivity contribution in [3.8, 4) is 0 Å². The topological polar surface area (TPSA) is 23.6 Å². The molecule has 0 aromatic heterocycles. The number of carbonyl (C=O) groups excluding carboxylic acids is 1. The summed E-state index contributed by atoms with van der Waals surface area (Å²) in [5.74, 6) is 0. The van der Waals surface area contributed by atoms with Gasteiger partial charge in [0.2, 0.25) is 0 Å². The van der Waals surface area contributed by atoms with Crippen LogP contribution in [-0.4, -0.2) is 43.9 Å². The third-order valence-corrected chi connectivity index (χ3v) is 4.29. The molecule has 0 N–H and O–H groups in total. The molecule has 1 saturated heterocycles. The number of anilines is 1. The number of hydrogen-bond acceptors (Lipinski definition) is 3. The Kier molecular flexibility index (Phi) is 4.83. The van der Waals surface area contributed by atoms with E-state index in [-0.39, 0.29) is 0 Å². The summed E-state index contributed by atoms with van der Waals surface area (Å²) in [5, 5.41) is 0.679. The van der Waals surface area contributed by atoms with Crippen molar-refractivity contribution in [2.24, 2.45) is 0 Å². The van der Waals surface area contributed by atoms with Crippen molar-refractivity contribution in [2.75, 3.05) is 31.6 Å². The molecule has 1 aliphatic heterocycles. The second kappa shape index (κ2) is 6.40. The van der Waals surface area contributed by atoms with Crippen LogP contribution in [0.2, 0.25) is 5.02 Å². The lowest BCUT2D eigenvalue weighted by atomic mass is 10.0. The average Bonchev–Trinajstić information content (AvgIpc) is 2.46. The molecule has 1 aromatic carbocycles. The first-order valence-corrected chi connectivity index (χ1v) is 7.23. The second-order valence-corrected chi connectivity index (χ2v) is 5.53. The van der Waals surface area contributed by atoms with Crippen molar-refractivity contribution in [1.82, 2.24) is 4.90 Å². The standard InChI is InChI=1S/C15H21ClN2O/c1-3-18-8-6-14(7-9-18)17(2)15-10-13(16)5-4-12(15)11-19/h4-5,10-11,14H,3,6-9H2,1-2H3. The van der Waals surface area contributed by atoms with E-state index in [1.165, 1.54) is 0 Å². The van der Waals surface area contributed by atoms with Gasteiger partial charge in [0.05, 0.1) is 0 Å². The predicted molar refractivity (Wildman–Crippen MR) is 80.4 cm³/mol. The van der Waals surface area contributed by atoms with Gasteiger partial charge < -0.3 is 9.80 Å². The minimum Gasteiger partial charge on any atom is -0.371 e. The SMILES string of the molecule is CCN1CCC(N(C)c2cc(Cl)ccc2C=O)CC1. The number of carbonyl (C=O) groups is 1. The van der Waals surface area contributed by atoms with E-state index in [4.69, 9.17) is 11.6 Å². The van der Waals surface area contributed by atoms with E-state index in [9.17, 15) is 4.79 Å². The molecule has 0 bridgehead atoms. The van der Waals surface area contributed by atoms with Gasteiger partial charge in [0.1, 0.15) is 0 Å². The summed E-state index contributed by atoms with van der Waals surface area (Å²) in [6.45, 7) is 5.57. The van der Waals surface area contributed by atoms with Crippen LogP contribution in [0, 0.1) is 0 Å². The molecule has 0 saturated carbocycles. The zero-order chi connectivity index (χ0) is 13.8. The molecule has 1 aromatic rings. The summed E-state index contributed by atoms with van der Waals surface area (Å²) in [6, 6.07) is 5.93. The molecule has 104 valence electrons. The molecule has 0 aliphatic carbocycles. The Labute approximate surface area is 120 Å². The van der Waals surface area contributed by atoms with E-state index in [0.717, 1.165) is 44.4 Å². The van der Waals surface area contributed by atoms with Gasteiger partial charge >= 0.3 is 0 Å². The third-order valence-electron chi connectivity index (χ3n) is 4.05. The molecule has 1 aliphatic rings. The highest BCUT2D eigenvalue weighted by Gasteiger charge is 2.23. The Morgan fingerprint density at radius 3 is 2.68 bits per heavy atom. The molecule has 0 amide bonds. The summed E-state index contributed by atoms with van der Waals surface area (Å²) in [7, 11) is 2.06. The van der Waals surface area contributed by atoms with Crippen LogP contribution in [-0.2, 0) is 0 Å². The number of halogens is 1. The maximum absolute atomic E-state index is 11.1. The van der Waals surface area contributed by atoms with Crippen molar-refractivity contribution in [2.45, 2.75) is 25.8 Å². The lowest BCUT2D eigenvalue weighted by Crippen LogP contribution is -2.43. The predicted octanol–water partition coefficient (Wildman–Crippen LogP) is 3.07. The summed E-state index contributed by atoms with van der Waals surface area (Å²) >= 11 is 6.05. The first-order chi connectivity index (χ1) is 9.15. The number of nitrogens with zero attached hydrogens (tertiary/aromatic N) is 2. The Balaban J connectivity index is 2.13. The second-order valence-electron chi connectivity index (χ2n) is 5.10. The lowest BCUT2D eigenvalue weighted by molar-refractivity contribution is 0.112. The van der Waals surface area contributed by atoms with Crippen molar-refractivity contribution < 1.29 is 4.79 Å². The van der Waals surface area contributed by atoms with Crippen LogP contribution in [0.15, 0.2) is 18.2 Å². The molecule has 19 heavy (non-hydrogen) atoms. The molecule has 3 nitrogen and oxygen atoms in total. The molecule has 0 spiro atoms. The van der Waals surface area contributed by atoms with Crippen molar-refractivity contribution in [3.63, 3.8) is 0 Å². The van der Waals surface area contributed by atoms with Crippen molar-refractivity contribution >= 4 is 23.6 Å². The van der Waals surface area contributed by atoms with E-state index >= 15 is 0 Å². The quantitative estimate of drug-likeness (QED) is 0.792. The van der Waals surface area contributed by atoms with Gasteiger partial charge in [-0.2, -0.15) is 0 Å². The monoisotopic (exact) mass is 280 g/mol. The molecule has 0 unspecified atom stereocenters. The molecule has 0 atom stereocenters. The van der Waals surface area contributed by atoms with Gasteiger partial charge in [-0.1, -0.05) is 18.5 Å². The van der Waals surface area contributed by atoms with E-state index in [1.807, 2.05) is 6.07 Å². The van der Waals surface area contributed by atoms with Gasteiger partial charge in [-0.15, -0.1) is 0 Å². The largest absolute Gasteiger partial charge is 0.371 e. The Morgan fingerprint density at radius 2 is 2.11 bits per heavy atom. The van der Waals surface area contributed by atoms with Gasteiger partial charge in [0, 0.05) is 42.5 Å². The molecule has 0 radical (unpaired) electrons. The van der Waals surface area contributed by atoms with Crippen molar-refractivity contribution in [1.29, 1.82) is 0 Å². The van der Waals surface area contributed by atoms with E-state index in [0.29, 0.717) is 16.6 Å². The highest BCUT2D eigenvalue weighted by Crippen LogP contribution is 2.27. The Hall–Kier alpha value is -1.06. The first kappa shape index (κ1) is 14.4. The van der Waals surface area contributed by atoms with E-state index in [2.05, 4.69) is 23.8 Å². The van der Waals surface area contributed by atoms with Crippen LogP contribution in [0.4, 0.5) is 5.69 Å². The molecule has 2 rings (SSSR count). The fourth-order valence-corrected chi connectivity index (χ4v) is 2.91. The van der Waals surface area contributed by atoms with Crippen LogP contribution in [0.5, 0.6) is 0 Å². The molecule has 1 fully saturated rings. The summed E-state index contributed by atoms with van der Waals surface area (Å²) in [5.41, 5.74) is 1.65. The van der Waals surface area contributed by atoms with Gasteiger partial charge in [0.25, 0.3) is 0 Å². The maximum Gasteiger partial charge on any atom is 0.152 e. The van der Waals surface area contributed by atoms with E-state index < -0.39 is 0 Å². The minimum absolute atomic E-state index is 0.486. The molecular formula is C15H21ClN2O. The van der Waals surface area contributed by atoms with Gasteiger partial charge in [-0.05, 0) is 37.6 Å². The number of likely N-dealkylation sites (tertiary alicyclic amines) is 1. The molecule has 1 heterocycles. The average molecular weight is 281 g/mol. The third kappa shape index (κ3) is 3.28. The highest BCUT2D eigenvalue weighted by atomic mass is 35.5. The van der Waals surface area contributed by atoms with Gasteiger partial charge in [-0.3, -0.25) is 4.79 Å². The zero-order valence-electron chi connectivity index (χ0n) is 11.6. The van der Waals surface area contributed by atoms with Crippen LogP contribution < -0.4 is 4.90 Å². The van der Waals surface area contributed by atoms with E-state index in [1.54, 1.807) is 12.1 Å². The molecule has 4 heteroatoms. The Bertz CT molecular complexity index is 442. The van der Waals surface area contributed by atoms with Crippen molar-refractivity contribution in [3.05, 3.63) is 28.8 Å². The van der Waals surface area contributed by atoms with Crippen LogP contribution >= 0.6 is 11.6 Å². The maximum atomic E-state index is 11.1. The normalized spacial score (nSPS) is 17.4. The number of rotatable bonds is 4. The zero-order valence-corrected chi connectivity index (χ0v) is 12.4. The number of benzene rings is 1. The highest BCUT2D eigenvalue weighted by molar-refractivity contribution is 6.31.